The van der Waals surface area contributed by atoms with E-state index in [1.807, 2.05) is 0 Å². The highest BCUT2D eigenvalue weighted by atomic mass is 16.6. The van der Waals surface area contributed by atoms with Crippen molar-refractivity contribution >= 4 is 6.09 Å². The highest BCUT2D eigenvalue weighted by Gasteiger charge is 2.47. The summed E-state index contributed by atoms with van der Waals surface area (Å²) in [6.07, 6.45) is 3.28. The van der Waals surface area contributed by atoms with Crippen LogP contribution in [0.3, 0.4) is 0 Å². The van der Waals surface area contributed by atoms with E-state index in [0.29, 0.717) is 6.54 Å². The molecule has 0 radical (unpaired) electrons. The average Bonchev–Trinajstić information content (AvgIpc) is 2.60. The molecule has 0 bridgehead atoms. The first-order valence-corrected chi connectivity index (χ1v) is 4.10. The Bertz CT molecular complexity index is 223. The molecule has 0 atom stereocenters. The molecular weight excluding hydrogens is 160 g/mol. The van der Waals surface area contributed by atoms with Crippen molar-refractivity contribution in [1.82, 2.24) is 5.01 Å². The highest BCUT2D eigenvalue weighted by molar-refractivity contribution is 5.70. The molecule has 5 heteroatoms. The zero-order valence-corrected chi connectivity index (χ0v) is 6.65. The highest BCUT2D eigenvalue weighted by Crippen LogP contribution is 2.38. The third-order valence-electron chi connectivity index (χ3n) is 2.57. The van der Waals surface area contributed by atoms with Gasteiger partial charge in [0.15, 0.2) is 0 Å². The fraction of sp³-hybridized carbons (Fsp3) is 0.857. The Balaban J connectivity index is 2.13. The van der Waals surface area contributed by atoms with Crippen LogP contribution >= 0.6 is 0 Å². The van der Waals surface area contributed by atoms with Crippen LogP contribution < -0.4 is 0 Å². The Morgan fingerprint density at radius 3 is 2.58 bits per heavy atom. The van der Waals surface area contributed by atoms with Crippen molar-refractivity contribution in [2.75, 3.05) is 6.54 Å². The van der Waals surface area contributed by atoms with Crippen molar-refractivity contribution in [3.63, 3.8) is 0 Å². The van der Waals surface area contributed by atoms with Crippen molar-refractivity contribution in [3.8, 4) is 0 Å². The fourth-order valence-corrected chi connectivity index (χ4v) is 1.95. The van der Waals surface area contributed by atoms with Crippen molar-refractivity contribution in [3.05, 3.63) is 4.91 Å². The number of rotatable bonds is 1. The molecule has 2 rings (SSSR count). The van der Waals surface area contributed by atoms with Crippen LogP contribution in [0.25, 0.3) is 0 Å². The lowest BCUT2D eigenvalue weighted by atomic mass is 10.0. The second kappa shape index (κ2) is 2.43. The topological polar surface area (TPSA) is 59.0 Å². The van der Waals surface area contributed by atoms with Gasteiger partial charge in [0.25, 0.3) is 0 Å². The lowest BCUT2D eigenvalue weighted by Crippen LogP contribution is -2.29. The lowest BCUT2D eigenvalue weighted by Gasteiger charge is -2.18. The first-order valence-electron chi connectivity index (χ1n) is 4.10. The van der Waals surface area contributed by atoms with E-state index in [9.17, 15) is 9.70 Å². The summed E-state index contributed by atoms with van der Waals surface area (Å²) in [6, 6.07) is 0. The van der Waals surface area contributed by atoms with E-state index in [2.05, 4.69) is 5.29 Å². The van der Waals surface area contributed by atoms with Crippen LogP contribution in [-0.4, -0.2) is 23.2 Å². The average molecular weight is 170 g/mol. The van der Waals surface area contributed by atoms with E-state index in [-0.39, 0.29) is 5.60 Å². The van der Waals surface area contributed by atoms with Gasteiger partial charge >= 0.3 is 6.09 Å². The number of ether oxygens (including phenoxy) is 1. The number of carbonyl (C=O) groups is 1. The lowest BCUT2D eigenvalue weighted by molar-refractivity contribution is 0.0627. The van der Waals surface area contributed by atoms with E-state index < -0.39 is 6.09 Å². The second-order valence-electron chi connectivity index (χ2n) is 3.40. The minimum atomic E-state index is -0.591. The summed E-state index contributed by atoms with van der Waals surface area (Å²) in [5, 5.41) is 3.46. The van der Waals surface area contributed by atoms with Crippen LogP contribution in [0.1, 0.15) is 25.7 Å². The molecule has 1 heterocycles. The van der Waals surface area contributed by atoms with Crippen LogP contribution in [0.2, 0.25) is 0 Å². The summed E-state index contributed by atoms with van der Waals surface area (Å²) in [5.74, 6) is 0. The molecule has 12 heavy (non-hydrogen) atoms. The second-order valence-corrected chi connectivity index (χ2v) is 3.40. The molecule has 0 aromatic rings. The maximum Gasteiger partial charge on any atom is 0.433 e. The summed E-state index contributed by atoms with van der Waals surface area (Å²) >= 11 is 0. The predicted molar refractivity (Wildman–Crippen MR) is 40.2 cm³/mol. The smallest absolute Gasteiger partial charge is 0.433 e. The van der Waals surface area contributed by atoms with Crippen molar-refractivity contribution < 1.29 is 9.53 Å². The van der Waals surface area contributed by atoms with Gasteiger partial charge in [0, 0.05) is 0 Å². The summed E-state index contributed by atoms with van der Waals surface area (Å²) in [5.41, 5.74) is -0.384. The van der Waals surface area contributed by atoms with Crippen molar-refractivity contribution in [2.45, 2.75) is 31.3 Å². The number of amides is 1. The van der Waals surface area contributed by atoms with Gasteiger partial charge in [-0.15, -0.1) is 4.91 Å². The van der Waals surface area contributed by atoms with Gasteiger partial charge < -0.3 is 4.74 Å². The molecule has 1 aliphatic carbocycles. The van der Waals surface area contributed by atoms with E-state index in [1.165, 1.54) is 0 Å². The number of carbonyl (C=O) groups excluding carboxylic acids is 1. The number of nitroso groups, excluding NO2 is 1. The van der Waals surface area contributed by atoms with Crippen LogP contribution in [0, 0.1) is 4.91 Å². The van der Waals surface area contributed by atoms with E-state index >= 15 is 0 Å². The van der Waals surface area contributed by atoms with Crippen molar-refractivity contribution in [2.24, 2.45) is 5.29 Å². The summed E-state index contributed by atoms with van der Waals surface area (Å²) in [7, 11) is 0. The van der Waals surface area contributed by atoms with Gasteiger partial charge in [-0.05, 0) is 25.7 Å². The standard InChI is InChI=1S/C7H10N2O3/c10-6-9(8-11)5-7(12-6)3-1-2-4-7/h1-5H2. The van der Waals surface area contributed by atoms with Gasteiger partial charge in [-0.3, -0.25) is 0 Å². The molecule has 0 unspecified atom stereocenters. The normalized spacial score (nSPS) is 26.3. The minimum absolute atomic E-state index is 0.343. The molecular formula is C7H10N2O3. The first kappa shape index (κ1) is 7.52. The third-order valence-corrected chi connectivity index (χ3v) is 2.57. The Morgan fingerprint density at radius 2 is 2.08 bits per heavy atom. The van der Waals surface area contributed by atoms with Crippen LogP contribution in [0.5, 0.6) is 0 Å². The largest absolute Gasteiger partial charge is 0.439 e. The van der Waals surface area contributed by atoms with Gasteiger partial charge in [0.2, 0.25) is 0 Å². The van der Waals surface area contributed by atoms with Crippen molar-refractivity contribution in [1.29, 1.82) is 0 Å². The van der Waals surface area contributed by atoms with Gasteiger partial charge in [0.1, 0.15) is 5.60 Å². The molecule has 2 aliphatic rings. The monoisotopic (exact) mass is 170 g/mol. The van der Waals surface area contributed by atoms with E-state index in [0.717, 1.165) is 30.7 Å². The third kappa shape index (κ3) is 0.964. The molecule has 66 valence electrons. The van der Waals surface area contributed by atoms with Crippen LogP contribution in [0.4, 0.5) is 4.79 Å². The molecule has 0 N–H and O–H groups in total. The van der Waals surface area contributed by atoms with Gasteiger partial charge in [-0.25, -0.2) is 4.79 Å². The summed E-state index contributed by atoms with van der Waals surface area (Å²) < 4.78 is 5.11. The van der Waals surface area contributed by atoms with E-state index in [4.69, 9.17) is 4.74 Å². The maximum atomic E-state index is 11.0. The molecule has 0 aromatic carbocycles. The molecule has 0 aromatic heterocycles. The molecule has 1 amide bonds. The Labute approximate surface area is 69.6 Å². The molecule has 5 nitrogen and oxygen atoms in total. The van der Waals surface area contributed by atoms with Gasteiger partial charge in [0.05, 0.1) is 11.8 Å². The quantitative estimate of drug-likeness (QED) is 0.559. The summed E-state index contributed by atoms with van der Waals surface area (Å²) in [6.45, 7) is 0.343. The van der Waals surface area contributed by atoms with Gasteiger partial charge in [-0.1, -0.05) is 0 Å². The number of hydrogen-bond acceptors (Lipinski definition) is 4. The fourth-order valence-electron chi connectivity index (χ4n) is 1.95. The van der Waals surface area contributed by atoms with Crippen LogP contribution in [0.15, 0.2) is 5.29 Å². The Morgan fingerprint density at radius 1 is 1.42 bits per heavy atom. The predicted octanol–water partition coefficient (Wildman–Crippen LogP) is 1.43. The molecule has 1 aliphatic heterocycles. The number of nitrogens with zero attached hydrogens (tertiary/aromatic N) is 2. The van der Waals surface area contributed by atoms with Crippen LogP contribution in [-0.2, 0) is 4.74 Å². The first-order chi connectivity index (χ1) is 5.76. The molecule has 2 fully saturated rings. The maximum absolute atomic E-state index is 11.0. The molecule has 1 saturated heterocycles. The van der Waals surface area contributed by atoms with Gasteiger partial charge in [-0.2, -0.15) is 5.01 Å². The molecule has 1 saturated carbocycles. The zero-order valence-electron chi connectivity index (χ0n) is 6.65. The Kier molecular flexibility index (Phi) is 1.52. The Hall–Kier alpha value is -1.13. The zero-order chi connectivity index (χ0) is 8.60. The molecule has 1 spiro atoms. The van der Waals surface area contributed by atoms with E-state index in [1.54, 1.807) is 0 Å². The summed E-state index contributed by atoms with van der Waals surface area (Å²) in [4.78, 5) is 21.1. The minimum Gasteiger partial charge on any atom is -0.439 e. The SMILES string of the molecule is O=NN1CC2(CCCC2)OC1=O. The number of hydrogen-bond donors (Lipinski definition) is 0.